The minimum Gasteiger partial charge on any atom is -0.497 e. The molecule has 0 aliphatic rings. The molecule has 3 aromatic rings. The summed E-state index contributed by atoms with van der Waals surface area (Å²) in [6.45, 7) is 2.15. The van der Waals surface area contributed by atoms with Crippen LogP contribution in [-0.2, 0) is 11.3 Å². The maximum atomic E-state index is 12.6. The maximum Gasteiger partial charge on any atom is 0.246 e. The lowest BCUT2D eigenvalue weighted by Crippen LogP contribution is -2.32. The lowest BCUT2D eigenvalue weighted by molar-refractivity contribution is -0.129. The predicted molar refractivity (Wildman–Crippen MR) is 105 cm³/mol. The number of methoxy groups -OCH3 is 1. The molecule has 1 amide bonds. The minimum absolute atomic E-state index is 0.00461. The van der Waals surface area contributed by atoms with E-state index in [1.54, 1.807) is 19.1 Å². The zero-order valence-electron chi connectivity index (χ0n) is 15.5. The van der Waals surface area contributed by atoms with Crippen molar-refractivity contribution >= 4 is 17.7 Å². The summed E-state index contributed by atoms with van der Waals surface area (Å²) in [5.41, 5.74) is 0.798. The summed E-state index contributed by atoms with van der Waals surface area (Å²) in [5, 5.41) is 3.79. The van der Waals surface area contributed by atoms with Gasteiger partial charge in [0.2, 0.25) is 17.6 Å². The van der Waals surface area contributed by atoms with E-state index in [-0.39, 0.29) is 17.7 Å². The molecule has 0 fully saturated rings. The highest BCUT2D eigenvalue weighted by molar-refractivity contribution is 8.00. The molecule has 6 nitrogen and oxygen atoms in total. The SMILES string of the molecule is COc1cccc(-c2noc(CN(C)C(=O)[C@H](C)Sc3ccccc3)n2)c1. The average molecular weight is 383 g/mol. The van der Waals surface area contributed by atoms with E-state index in [1.165, 1.54) is 11.8 Å². The summed E-state index contributed by atoms with van der Waals surface area (Å²) in [6, 6.07) is 17.3. The largest absolute Gasteiger partial charge is 0.497 e. The molecular formula is C20H21N3O3S. The average Bonchev–Trinajstić information content (AvgIpc) is 3.16. The molecule has 3 rings (SSSR count). The molecule has 140 valence electrons. The molecule has 1 atom stereocenters. The summed E-state index contributed by atoms with van der Waals surface area (Å²) in [4.78, 5) is 19.7. The standard InChI is InChI=1S/C20H21N3O3S/c1-14(27-17-10-5-4-6-11-17)20(24)23(2)13-18-21-19(22-26-18)15-8-7-9-16(12-15)25-3/h4-12,14H,13H2,1-3H3/t14-/m0/s1. The number of aromatic nitrogens is 2. The molecule has 0 unspecified atom stereocenters. The van der Waals surface area contributed by atoms with Crippen LogP contribution in [0, 0.1) is 0 Å². The number of carbonyl (C=O) groups is 1. The van der Waals surface area contributed by atoms with Crippen molar-refractivity contribution in [2.45, 2.75) is 23.6 Å². The second kappa shape index (κ2) is 8.73. The van der Waals surface area contributed by atoms with Gasteiger partial charge in [0.05, 0.1) is 18.9 Å². The van der Waals surface area contributed by atoms with Crippen molar-refractivity contribution in [2.75, 3.05) is 14.2 Å². The molecule has 0 aliphatic carbocycles. The predicted octanol–water partition coefficient (Wildman–Crippen LogP) is 3.88. The topological polar surface area (TPSA) is 68.5 Å². The summed E-state index contributed by atoms with van der Waals surface area (Å²) in [5.74, 6) is 1.58. The van der Waals surface area contributed by atoms with Crippen molar-refractivity contribution in [2.24, 2.45) is 0 Å². The monoisotopic (exact) mass is 383 g/mol. The van der Waals surface area contributed by atoms with Crippen LogP contribution in [0.4, 0.5) is 0 Å². The van der Waals surface area contributed by atoms with E-state index in [0.29, 0.717) is 11.7 Å². The first kappa shape index (κ1) is 19.0. The van der Waals surface area contributed by atoms with Gasteiger partial charge in [0.25, 0.3) is 0 Å². The number of hydrogen-bond acceptors (Lipinski definition) is 6. The van der Waals surface area contributed by atoms with E-state index in [4.69, 9.17) is 9.26 Å². The number of rotatable bonds is 7. The van der Waals surface area contributed by atoms with Crippen LogP contribution in [-0.4, -0.2) is 40.4 Å². The van der Waals surface area contributed by atoms with Gasteiger partial charge in [-0.25, -0.2) is 0 Å². The highest BCUT2D eigenvalue weighted by Gasteiger charge is 2.21. The Labute approximate surface area is 162 Å². The summed E-state index contributed by atoms with van der Waals surface area (Å²) < 4.78 is 10.5. The first-order valence-electron chi connectivity index (χ1n) is 8.50. The number of carbonyl (C=O) groups excluding carboxylic acids is 1. The van der Waals surface area contributed by atoms with E-state index in [1.807, 2.05) is 61.5 Å². The zero-order chi connectivity index (χ0) is 19.2. The Morgan fingerprint density at radius 1 is 1.22 bits per heavy atom. The van der Waals surface area contributed by atoms with Gasteiger partial charge >= 0.3 is 0 Å². The van der Waals surface area contributed by atoms with Gasteiger partial charge in [-0.15, -0.1) is 11.8 Å². The Bertz CT molecular complexity index is 898. The van der Waals surface area contributed by atoms with E-state index < -0.39 is 0 Å². The number of hydrogen-bond donors (Lipinski definition) is 0. The molecule has 1 heterocycles. The van der Waals surface area contributed by atoms with E-state index >= 15 is 0 Å². The number of nitrogens with zero attached hydrogens (tertiary/aromatic N) is 3. The maximum absolute atomic E-state index is 12.6. The fourth-order valence-corrected chi connectivity index (χ4v) is 3.55. The second-order valence-electron chi connectivity index (χ2n) is 6.01. The molecule has 1 aromatic heterocycles. The number of thioether (sulfide) groups is 1. The molecule has 0 aliphatic heterocycles. The lowest BCUT2D eigenvalue weighted by atomic mass is 10.2. The molecule has 0 saturated heterocycles. The third-order valence-corrected chi connectivity index (χ3v) is 5.05. The summed E-state index contributed by atoms with van der Waals surface area (Å²) >= 11 is 1.52. The van der Waals surface area contributed by atoms with Crippen LogP contribution < -0.4 is 4.74 Å². The van der Waals surface area contributed by atoms with Gasteiger partial charge in [-0.3, -0.25) is 4.79 Å². The van der Waals surface area contributed by atoms with Crippen molar-refractivity contribution in [3.63, 3.8) is 0 Å². The van der Waals surface area contributed by atoms with E-state index in [0.717, 1.165) is 16.2 Å². The molecule has 2 aromatic carbocycles. The fourth-order valence-electron chi connectivity index (χ4n) is 2.54. The molecule has 7 heteroatoms. The van der Waals surface area contributed by atoms with Crippen LogP contribution in [0.1, 0.15) is 12.8 Å². The van der Waals surface area contributed by atoms with Crippen LogP contribution >= 0.6 is 11.8 Å². The second-order valence-corrected chi connectivity index (χ2v) is 7.43. The molecule has 0 radical (unpaired) electrons. The van der Waals surface area contributed by atoms with Crippen molar-refractivity contribution in [3.8, 4) is 17.1 Å². The van der Waals surface area contributed by atoms with E-state index in [9.17, 15) is 4.79 Å². The van der Waals surface area contributed by atoms with Gasteiger partial charge in [0.1, 0.15) is 5.75 Å². The fraction of sp³-hybridized carbons (Fsp3) is 0.250. The molecule has 0 spiro atoms. The van der Waals surface area contributed by atoms with Crippen molar-refractivity contribution in [1.82, 2.24) is 15.0 Å². The Kier molecular flexibility index (Phi) is 6.13. The van der Waals surface area contributed by atoms with Crippen LogP contribution in [0.25, 0.3) is 11.4 Å². The van der Waals surface area contributed by atoms with Gasteiger partial charge in [0.15, 0.2) is 0 Å². The van der Waals surface area contributed by atoms with Crippen molar-refractivity contribution in [1.29, 1.82) is 0 Å². The third kappa shape index (κ3) is 4.89. The first-order valence-corrected chi connectivity index (χ1v) is 9.38. The van der Waals surface area contributed by atoms with Crippen LogP contribution in [0.15, 0.2) is 64.0 Å². The van der Waals surface area contributed by atoms with Gasteiger partial charge < -0.3 is 14.2 Å². The highest BCUT2D eigenvalue weighted by atomic mass is 32.2. The Balaban J connectivity index is 1.63. The Morgan fingerprint density at radius 3 is 2.74 bits per heavy atom. The van der Waals surface area contributed by atoms with Crippen molar-refractivity contribution < 1.29 is 14.1 Å². The molecule has 0 bridgehead atoms. The normalized spacial score (nSPS) is 11.8. The van der Waals surface area contributed by atoms with Crippen LogP contribution in [0.2, 0.25) is 0 Å². The van der Waals surface area contributed by atoms with Crippen LogP contribution in [0.5, 0.6) is 5.75 Å². The minimum atomic E-state index is -0.210. The Morgan fingerprint density at radius 2 is 2.00 bits per heavy atom. The molecule has 0 N–H and O–H groups in total. The van der Waals surface area contributed by atoms with Gasteiger partial charge in [-0.2, -0.15) is 4.98 Å². The smallest absolute Gasteiger partial charge is 0.246 e. The molecular weight excluding hydrogens is 362 g/mol. The molecule has 0 saturated carbocycles. The lowest BCUT2D eigenvalue weighted by Gasteiger charge is -2.19. The van der Waals surface area contributed by atoms with Gasteiger partial charge in [0, 0.05) is 17.5 Å². The third-order valence-electron chi connectivity index (χ3n) is 3.95. The van der Waals surface area contributed by atoms with Gasteiger partial charge in [-0.1, -0.05) is 35.5 Å². The van der Waals surface area contributed by atoms with Crippen molar-refractivity contribution in [3.05, 3.63) is 60.5 Å². The highest BCUT2D eigenvalue weighted by Crippen LogP contribution is 2.25. The number of amides is 1. The van der Waals surface area contributed by atoms with Gasteiger partial charge in [-0.05, 0) is 31.2 Å². The van der Waals surface area contributed by atoms with Crippen LogP contribution in [0.3, 0.4) is 0 Å². The quantitative estimate of drug-likeness (QED) is 0.577. The summed E-state index contributed by atoms with van der Waals surface area (Å²) in [7, 11) is 3.34. The Hall–Kier alpha value is -2.80. The summed E-state index contributed by atoms with van der Waals surface area (Å²) in [6.07, 6.45) is 0. The number of ether oxygens (including phenoxy) is 1. The van der Waals surface area contributed by atoms with E-state index in [2.05, 4.69) is 10.1 Å². The number of benzene rings is 2. The first-order chi connectivity index (χ1) is 13.1. The zero-order valence-corrected chi connectivity index (χ0v) is 16.3. The molecule has 27 heavy (non-hydrogen) atoms.